The predicted molar refractivity (Wildman–Crippen MR) is 107 cm³/mol. The van der Waals surface area contributed by atoms with Gasteiger partial charge in [-0.3, -0.25) is 19.8 Å². The highest BCUT2D eigenvalue weighted by Gasteiger charge is 2.45. The number of halogens is 3. The number of barbiturate groups is 1. The number of fused-ring (bicyclic) bond motifs is 1. The summed E-state index contributed by atoms with van der Waals surface area (Å²) >= 11 is 0. The summed E-state index contributed by atoms with van der Waals surface area (Å²) in [4.78, 5) is 38.3. The summed E-state index contributed by atoms with van der Waals surface area (Å²) in [6.07, 6.45) is -0.995. The summed E-state index contributed by atoms with van der Waals surface area (Å²) < 4.78 is 40.1. The van der Waals surface area contributed by atoms with Gasteiger partial charge in [0.1, 0.15) is 23.7 Å². The number of nitrogens with two attached hydrogens (primary N) is 1. The molecule has 3 aliphatic rings. The first-order valence-electron chi connectivity index (χ1n) is 9.97. The maximum absolute atomic E-state index is 15.0. The number of hydrogen-bond acceptors (Lipinski definition) is 6. The zero-order valence-corrected chi connectivity index (χ0v) is 17.5. The van der Waals surface area contributed by atoms with Crippen LogP contribution in [-0.2, 0) is 20.7 Å². The van der Waals surface area contributed by atoms with Crippen LogP contribution in [0.2, 0.25) is 0 Å². The first-order valence-corrected chi connectivity index (χ1v) is 9.97. The molecule has 0 aromatic heterocycles. The standard InChI is InChI=1S/C20H23F2N3O5.ClH/c21-14-7-10-1-6-30-16(10)9-12(14)17(23)15(22)8-13-18(26)24-20(28)25(19(13)27)11-2-4-29-5-3-11;/h7,9,11,13,15,17H,1-6,8,23H2,(H,24,26,28);1H/t13?,15-,17-;/m0./s1. The van der Waals surface area contributed by atoms with Gasteiger partial charge >= 0.3 is 6.03 Å². The number of imide groups is 2. The lowest BCUT2D eigenvalue weighted by Gasteiger charge is -2.37. The van der Waals surface area contributed by atoms with Crippen molar-refractivity contribution >= 4 is 30.3 Å². The fourth-order valence-corrected chi connectivity index (χ4v) is 4.16. The zero-order valence-electron chi connectivity index (χ0n) is 16.6. The van der Waals surface area contributed by atoms with E-state index in [1.807, 2.05) is 0 Å². The van der Waals surface area contributed by atoms with E-state index in [2.05, 4.69) is 5.32 Å². The van der Waals surface area contributed by atoms with Crippen LogP contribution >= 0.6 is 12.4 Å². The van der Waals surface area contributed by atoms with Crippen LogP contribution < -0.4 is 15.8 Å². The molecular formula is C20H24ClF2N3O5. The minimum Gasteiger partial charge on any atom is -0.493 e. The molecule has 2 fully saturated rings. The van der Waals surface area contributed by atoms with E-state index in [4.69, 9.17) is 15.2 Å². The number of alkyl halides is 1. The molecule has 4 rings (SSSR count). The monoisotopic (exact) mass is 459 g/mol. The van der Waals surface area contributed by atoms with Crippen LogP contribution in [0, 0.1) is 11.7 Å². The first-order chi connectivity index (χ1) is 14.4. The smallest absolute Gasteiger partial charge is 0.331 e. The van der Waals surface area contributed by atoms with Gasteiger partial charge in [0, 0.05) is 43.2 Å². The molecule has 4 amide bonds. The predicted octanol–water partition coefficient (Wildman–Crippen LogP) is 1.78. The average Bonchev–Trinajstić information content (AvgIpc) is 3.17. The third-order valence-electron chi connectivity index (χ3n) is 5.88. The molecule has 3 aliphatic heterocycles. The Kier molecular flexibility index (Phi) is 7.13. The topological polar surface area (TPSA) is 111 Å². The van der Waals surface area contributed by atoms with Gasteiger partial charge in [-0.25, -0.2) is 13.6 Å². The molecule has 31 heavy (non-hydrogen) atoms. The molecule has 1 aromatic rings. The van der Waals surface area contributed by atoms with Crippen molar-refractivity contribution in [2.45, 2.75) is 43.9 Å². The Bertz CT molecular complexity index is 881. The van der Waals surface area contributed by atoms with Crippen molar-refractivity contribution in [2.75, 3.05) is 19.8 Å². The minimum atomic E-state index is -1.89. The summed E-state index contributed by atoms with van der Waals surface area (Å²) in [6, 6.07) is 0.0212. The maximum Gasteiger partial charge on any atom is 0.331 e. The largest absolute Gasteiger partial charge is 0.493 e. The van der Waals surface area contributed by atoms with E-state index in [-0.39, 0.29) is 18.0 Å². The number of nitrogens with one attached hydrogen (secondary N) is 1. The SMILES string of the molecule is Cl.N[C@@H](c1cc2c(cc1F)CCO2)[C@@H](F)CC1C(=O)NC(=O)N(C2CCOCC2)C1=O. The van der Waals surface area contributed by atoms with E-state index < -0.39 is 54.3 Å². The number of urea groups is 1. The van der Waals surface area contributed by atoms with Crippen LogP contribution in [0.4, 0.5) is 13.6 Å². The normalized spacial score (nSPS) is 23.5. The summed E-state index contributed by atoms with van der Waals surface area (Å²) in [5, 5.41) is 2.12. The number of carbonyl (C=O) groups excluding carboxylic acids is 3. The third kappa shape index (κ3) is 4.51. The fraction of sp³-hybridized carbons (Fsp3) is 0.550. The Morgan fingerprint density at radius 3 is 2.61 bits per heavy atom. The van der Waals surface area contributed by atoms with Gasteiger partial charge in [-0.2, -0.15) is 0 Å². The molecule has 0 spiro atoms. The maximum atomic E-state index is 15.0. The number of carbonyl (C=O) groups is 3. The van der Waals surface area contributed by atoms with E-state index >= 15 is 4.39 Å². The van der Waals surface area contributed by atoms with Gasteiger partial charge in [-0.1, -0.05) is 0 Å². The van der Waals surface area contributed by atoms with Crippen molar-refractivity contribution in [3.8, 4) is 5.75 Å². The zero-order chi connectivity index (χ0) is 21.4. The van der Waals surface area contributed by atoms with Crippen LogP contribution in [0.15, 0.2) is 12.1 Å². The molecule has 8 nitrogen and oxygen atoms in total. The van der Waals surface area contributed by atoms with Gasteiger partial charge in [0.2, 0.25) is 11.8 Å². The molecule has 2 saturated heterocycles. The van der Waals surface area contributed by atoms with Crippen molar-refractivity contribution in [3.63, 3.8) is 0 Å². The lowest BCUT2D eigenvalue weighted by atomic mass is 9.90. The Morgan fingerprint density at radius 1 is 1.19 bits per heavy atom. The van der Waals surface area contributed by atoms with E-state index in [9.17, 15) is 18.8 Å². The second-order valence-electron chi connectivity index (χ2n) is 7.76. The highest BCUT2D eigenvalue weighted by Crippen LogP contribution is 2.34. The highest BCUT2D eigenvalue weighted by atomic mass is 35.5. The molecule has 0 saturated carbocycles. The van der Waals surface area contributed by atoms with E-state index in [1.165, 1.54) is 12.1 Å². The second kappa shape index (κ2) is 9.46. The summed E-state index contributed by atoms with van der Waals surface area (Å²) in [5.74, 6) is -3.26. The Morgan fingerprint density at radius 2 is 1.90 bits per heavy atom. The molecule has 3 atom stereocenters. The molecular weight excluding hydrogens is 436 g/mol. The first kappa shape index (κ1) is 23.4. The molecule has 0 bridgehead atoms. The van der Waals surface area contributed by atoms with Crippen molar-refractivity contribution in [1.82, 2.24) is 10.2 Å². The molecule has 170 valence electrons. The fourth-order valence-electron chi connectivity index (χ4n) is 4.16. The van der Waals surface area contributed by atoms with Crippen molar-refractivity contribution in [3.05, 3.63) is 29.1 Å². The second-order valence-corrected chi connectivity index (χ2v) is 7.76. The van der Waals surface area contributed by atoms with Crippen LogP contribution in [0.5, 0.6) is 5.75 Å². The van der Waals surface area contributed by atoms with Crippen LogP contribution in [0.1, 0.15) is 36.4 Å². The van der Waals surface area contributed by atoms with Gasteiger partial charge in [0.25, 0.3) is 0 Å². The Balaban J connectivity index is 0.00000272. The molecule has 1 unspecified atom stereocenters. The Hall–Kier alpha value is -2.30. The summed E-state index contributed by atoms with van der Waals surface area (Å²) in [5.41, 5.74) is 6.54. The molecule has 3 N–H and O–H groups in total. The van der Waals surface area contributed by atoms with Gasteiger partial charge < -0.3 is 15.2 Å². The summed E-state index contributed by atoms with van der Waals surface area (Å²) in [7, 11) is 0. The average molecular weight is 460 g/mol. The number of benzene rings is 1. The third-order valence-corrected chi connectivity index (χ3v) is 5.88. The quantitative estimate of drug-likeness (QED) is 0.649. The molecule has 11 heteroatoms. The van der Waals surface area contributed by atoms with E-state index in [0.29, 0.717) is 50.4 Å². The number of amides is 4. The van der Waals surface area contributed by atoms with E-state index in [0.717, 1.165) is 4.90 Å². The van der Waals surface area contributed by atoms with Gasteiger partial charge in [0.05, 0.1) is 12.6 Å². The lowest BCUT2D eigenvalue weighted by molar-refractivity contribution is -0.146. The number of rotatable bonds is 5. The van der Waals surface area contributed by atoms with Gasteiger partial charge in [0.15, 0.2) is 0 Å². The molecule has 0 aliphatic carbocycles. The van der Waals surface area contributed by atoms with E-state index in [1.54, 1.807) is 0 Å². The van der Waals surface area contributed by atoms with Gasteiger partial charge in [-0.05, 0) is 25.0 Å². The molecule has 0 radical (unpaired) electrons. The molecule has 3 heterocycles. The van der Waals surface area contributed by atoms with Crippen LogP contribution in [0.25, 0.3) is 0 Å². The van der Waals surface area contributed by atoms with Crippen LogP contribution in [-0.4, -0.2) is 54.8 Å². The lowest BCUT2D eigenvalue weighted by Crippen LogP contribution is -2.62. The number of nitrogens with zero attached hydrogens (tertiary/aromatic N) is 1. The van der Waals surface area contributed by atoms with Crippen molar-refractivity contribution in [1.29, 1.82) is 0 Å². The van der Waals surface area contributed by atoms with Gasteiger partial charge in [-0.15, -0.1) is 12.4 Å². The van der Waals surface area contributed by atoms with Crippen molar-refractivity contribution < 1.29 is 32.6 Å². The highest BCUT2D eigenvalue weighted by molar-refractivity contribution is 6.16. The number of hydrogen-bond donors (Lipinski definition) is 2. The molecule has 1 aromatic carbocycles. The van der Waals surface area contributed by atoms with Crippen molar-refractivity contribution in [2.24, 2.45) is 11.7 Å². The Labute approximate surface area is 183 Å². The summed E-state index contributed by atoms with van der Waals surface area (Å²) in [6.45, 7) is 1.19. The van der Waals surface area contributed by atoms with Crippen LogP contribution in [0.3, 0.4) is 0 Å². The number of ether oxygens (including phenoxy) is 2. The minimum absolute atomic E-state index is 0.